The van der Waals surface area contributed by atoms with Crippen LogP contribution in [0.3, 0.4) is 0 Å². The van der Waals surface area contributed by atoms with Gasteiger partial charge in [-0.05, 0) is 25.7 Å². The molecular weight excluding hydrogens is 651 g/mol. The van der Waals surface area contributed by atoms with Gasteiger partial charge in [0.1, 0.15) is 0 Å². The zero-order valence-corrected chi connectivity index (χ0v) is 34.2. The van der Waals surface area contributed by atoms with Gasteiger partial charge in [0, 0.05) is 11.9 Å². The van der Waals surface area contributed by atoms with Crippen molar-refractivity contribution in [1.29, 1.82) is 0 Å². The van der Waals surface area contributed by atoms with Gasteiger partial charge in [0.25, 0.3) is 0 Å². The third-order valence-corrected chi connectivity index (χ3v) is 9.97. The molecule has 0 rings (SSSR count). The van der Waals surface area contributed by atoms with Gasteiger partial charge in [-0.15, -0.1) is 0 Å². The monoisotopic (exact) mass is 737 g/mol. The topological polar surface area (TPSA) is 80.3 Å². The molecule has 0 aliphatic heterocycles. The standard InChI is InChI=1S/2C22H44O2.Ni/c2*1-2-3-4-5-6-7-8-9-10-11-12-13-14-15-16-17-18-19-20-21-22(23)24;/h2*2-21H2,1H3,(H,23,24);/q;;+2/p-2. The van der Waals surface area contributed by atoms with E-state index in [4.69, 9.17) is 0 Å². The van der Waals surface area contributed by atoms with Gasteiger partial charge in [0.2, 0.25) is 0 Å². The van der Waals surface area contributed by atoms with E-state index in [0.717, 1.165) is 25.7 Å². The predicted octanol–water partition coefficient (Wildman–Crippen LogP) is 13.1. The molecule has 0 amide bonds. The molecule has 0 unspecified atom stereocenters. The fourth-order valence-corrected chi connectivity index (χ4v) is 6.70. The molecule has 49 heavy (non-hydrogen) atoms. The molecule has 0 N–H and O–H groups in total. The van der Waals surface area contributed by atoms with Crippen molar-refractivity contribution in [3.8, 4) is 0 Å². The Labute approximate surface area is 317 Å². The maximum absolute atomic E-state index is 10.3. The number of carbonyl (C=O) groups is 2. The maximum Gasteiger partial charge on any atom is 2.00 e. The smallest absolute Gasteiger partial charge is 0.550 e. The second kappa shape index (κ2) is 49.5. The first-order valence-corrected chi connectivity index (χ1v) is 21.9. The summed E-state index contributed by atoms with van der Waals surface area (Å²) in [6.07, 6.45) is 51.5. The van der Waals surface area contributed by atoms with Crippen LogP contribution in [-0.2, 0) is 26.1 Å². The molecule has 0 aliphatic rings. The van der Waals surface area contributed by atoms with Gasteiger partial charge in [-0.3, -0.25) is 0 Å². The third kappa shape index (κ3) is 57.0. The van der Waals surface area contributed by atoms with Crippen LogP contribution >= 0.6 is 0 Å². The van der Waals surface area contributed by atoms with Crippen molar-refractivity contribution < 1.29 is 36.3 Å². The van der Waals surface area contributed by atoms with Crippen molar-refractivity contribution >= 4 is 11.9 Å². The summed E-state index contributed by atoms with van der Waals surface area (Å²) in [5.74, 6) is -1.80. The average Bonchev–Trinajstić information content (AvgIpc) is 3.07. The molecule has 0 spiro atoms. The summed E-state index contributed by atoms with van der Waals surface area (Å²) in [5.41, 5.74) is 0. The summed E-state index contributed by atoms with van der Waals surface area (Å²) in [5, 5.41) is 20.5. The Bertz CT molecular complexity index is 560. The van der Waals surface area contributed by atoms with Gasteiger partial charge in [0.05, 0.1) is 0 Å². The Hall–Kier alpha value is -0.566. The van der Waals surface area contributed by atoms with E-state index in [0.29, 0.717) is 0 Å². The first-order chi connectivity index (χ1) is 23.5. The number of hydrogen-bond donors (Lipinski definition) is 0. The molecule has 0 aromatic heterocycles. The molecule has 0 aromatic carbocycles. The number of carboxylic acids is 2. The van der Waals surface area contributed by atoms with Crippen LogP contribution in [0.15, 0.2) is 0 Å². The zero-order valence-electron chi connectivity index (χ0n) is 33.2. The number of unbranched alkanes of at least 4 members (excludes halogenated alkanes) is 36. The normalized spacial score (nSPS) is 10.8. The fraction of sp³-hybridized carbons (Fsp3) is 0.955. The van der Waals surface area contributed by atoms with Crippen molar-refractivity contribution in [3.63, 3.8) is 0 Å². The summed E-state index contributed by atoms with van der Waals surface area (Å²) in [6, 6.07) is 0. The molecule has 5 heteroatoms. The molecule has 0 radical (unpaired) electrons. The Kier molecular flexibility index (Phi) is 53.4. The molecule has 0 bridgehead atoms. The Morgan fingerprint density at radius 3 is 0.510 bits per heavy atom. The van der Waals surface area contributed by atoms with Crippen molar-refractivity contribution in [3.05, 3.63) is 0 Å². The largest absolute Gasteiger partial charge is 2.00 e. The molecule has 0 fully saturated rings. The van der Waals surface area contributed by atoms with Crippen LogP contribution in [-0.4, -0.2) is 11.9 Å². The minimum absolute atomic E-state index is 0. The van der Waals surface area contributed by atoms with Crippen LogP contribution in [0.5, 0.6) is 0 Å². The van der Waals surface area contributed by atoms with E-state index in [-0.39, 0.29) is 29.3 Å². The van der Waals surface area contributed by atoms with Crippen LogP contribution in [0.4, 0.5) is 0 Å². The predicted molar refractivity (Wildman–Crippen MR) is 206 cm³/mol. The number of hydrogen-bond acceptors (Lipinski definition) is 4. The molecular formula is C44H86NiO4. The Balaban J connectivity index is -0.000000846. The van der Waals surface area contributed by atoms with Crippen LogP contribution in [0.25, 0.3) is 0 Å². The van der Waals surface area contributed by atoms with Crippen molar-refractivity contribution in [2.75, 3.05) is 0 Å². The van der Waals surface area contributed by atoms with E-state index in [2.05, 4.69) is 13.8 Å². The van der Waals surface area contributed by atoms with E-state index < -0.39 is 11.9 Å². The second-order valence-corrected chi connectivity index (χ2v) is 15.0. The molecule has 0 aromatic rings. The van der Waals surface area contributed by atoms with Crippen LogP contribution in [0, 0.1) is 0 Å². The Morgan fingerprint density at radius 1 is 0.265 bits per heavy atom. The molecule has 0 atom stereocenters. The van der Waals surface area contributed by atoms with Gasteiger partial charge in [-0.2, -0.15) is 0 Å². The van der Waals surface area contributed by atoms with Crippen LogP contribution in [0.1, 0.15) is 271 Å². The van der Waals surface area contributed by atoms with Crippen LogP contribution < -0.4 is 10.2 Å². The number of carbonyl (C=O) groups excluding carboxylic acids is 2. The fourth-order valence-electron chi connectivity index (χ4n) is 6.70. The maximum atomic E-state index is 10.3. The summed E-state index contributed by atoms with van der Waals surface area (Å²) in [4.78, 5) is 20.5. The average molecular weight is 738 g/mol. The first kappa shape index (κ1) is 52.8. The summed E-state index contributed by atoms with van der Waals surface area (Å²) in [6.45, 7) is 4.56. The van der Waals surface area contributed by atoms with E-state index in [9.17, 15) is 19.8 Å². The summed E-state index contributed by atoms with van der Waals surface area (Å²) >= 11 is 0. The molecule has 0 heterocycles. The molecule has 4 nitrogen and oxygen atoms in total. The Morgan fingerprint density at radius 2 is 0.388 bits per heavy atom. The van der Waals surface area contributed by atoms with Crippen molar-refractivity contribution in [1.82, 2.24) is 0 Å². The summed E-state index contributed by atoms with van der Waals surface area (Å²) in [7, 11) is 0. The second-order valence-electron chi connectivity index (χ2n) is 15.0. The van der Waals surface area contributed by atoms with Gasteiger partial charge >= 0.3 is 16.5 Å². The summed E-state index contributed by atoms with van der Waals surface area (Å²) < 4.78 is 0. The molecule has 0 aliphatic carbocycles. The third-order valence-electron chi connectivity index (χ3n) is 9.97. The van der Waals surface area contributed by atoms with Gasteiger partial charge in [0.15, 0.2) is 0 Å². The quantitative estimate of drug-likeness (QED) is 0.0463. The van der Waals surface area contributed by atoms with Crippen molar-refractivity contribution in [2.24, 2.45) is 0 Å². The van der Waals surface area contributed by atoms with E-state index in [1.807, 2.05) is 0 Å². The zero-order chi connectivity index (χ0) is 35.4. The molecule has 0 saturated heterocycles. The van der Waals surface area contributed by atoms with Crippen molar-refractivity contribution in [2.45, 2.75) is 271 Å². The number of aliphatic carboxylic acids is 2. The number of carboxylic acid groups (broad SMARTS) is 2. The minimum atomic E-state index is -0.901. The van der Waals surface area contributed by atoms with E-state index in [1.165, 1.54) is 218 Å². The van der Waals surface area contributed by atoms with Gasteiger partial charge in [-0.1, -0.05) is 245 Å². The van der Waals surface area contributed by atoms with Crippen LogP contribution in [0.2, 0.25) is 0 Å². The SMILES string of the molecule is CCCCCCCCCCCCCCCCCCCCCC(=O)[O-].CCCCCCCCCCCCCCCCCCCCCC(=O)[O-].[Ni+2]. The number of rotatable bonds is 40. The first-order valence-electron chi connectivity index (χ1n) is 21.9. The molecule has 296 valence electrons. The van der Waals surface area contributed by atoms with E-state index in [1.54, 1.807) is 0 Å². The molecule has 0 saturated carbocycles. The minimum Gasteiger partial charge on any atom is -0.550 e. The van der Waals surface area contributed by atoms with Gasteiger partial charge in [-0.25, -0.2) is 0 Å². The van der Waals surface area contributed by atoms with E-state index >= 15 is 0 Å². The van der Waals surface area contributed by atoms with Gasteiger partial charge < -0.3 is 19.8 Å².